The molecule has 0 N–H and O–H groups in total. The van der Waals surface area contributed by atoms with Gasteiger partial charge in [-0.3, -0.25) is 4.79 Å². The zero-order valence-corrected chi connectivity index (χ0v) is 14.3. The molecule has 0 saturated heterocycles. The number of carbonyl (C=O) groups is 1. The first kappa shape index (κ1) is 14.9. The van der Waals surface area contributed by atoms with Crippen LogP contribution in [0.15, 0.2) is 49.8 Å². The highest BCUT2D eigenvalue weighted by Crippen LogP contribution is 2.24. The molecule has 19 heavy (non-hydrogen) atoms. The Labute approximate surface area is 135 Å². The molecule has 0 saturated carbocycles. The molecular formula is C14H8Br3FO. The Morgan fingerprint density at radius 3 is 2.42 bits per heavy atom. The quantitative estimate of drug-likeness (QED) is 0.561. The number of hydrogen-bond donors (Lipinski definition) is 0. The van der Waals surface area contributed by atoms with Crippen LogP contribution >= 0.6 is 47.8 Å². The van der Waals surface area contributed by atoms with Crippen LogP contribution in [-0.4, -0.2) is 5.78 Å². The zero-order chi connectivity index (χ0) is 14.0. The summed E-state index contributed by atoms with van der Waals surface area (Å²) in [7, 11) is 0. The molecule has 0 amide bonds. The molecule has 0 bridgehead atoms. The highest BCUT2D eigenvalue weighted by atomic mass is 79.9. The van der Waals surface area contributed by atoms with Crippen molar-refractivity contribution in [2.24, 2.45) is 0 Å². The number of halogens is 4. The normalized spacial score (nSPS) is 10.5. The number of ketones is 1. The number of carbonyl (C=O) groups excluding carboxylic acids is 1. The van der Waals surface area contributed by atoms with E-state index in [9.17, 15) is 9.18 Å². The number of hydrogen-bond acceptors (Lipinski definition) is 1. The highest BCUT2D eigenvalue weighted by molar-refractivity contribution is 9.11. The van der Waals surface area contributed by atoms with Crippen LogP contribution in [0.5, 0.6) is 0 Å². The van der Waals surface area contributed by atoms with Crippen molar-refractivity contribution in [2.45, 2.75) is 6.42 Å². The second kappa shape index (κ2) is 6.29. The predicted octanol–water partition coefficient (Wildman–Crippen LogP) is 5.54. The minimum Gasteiger partial charge on any atom is -0.294 e. The Balaban J connectivity index is 2.25. The summed E-state index contributed by atoms with van der Waals surface area (Å²) in [5, 5.41) is 0. The van der Waals surface area contributed by atoms with Gasteiger partial charge in [0.2, 0.25) is 0 Å². The molecule has 0 heterocycles. The first-order valence-corrected chi connectivity index (χ1v) is 7.77. The lowest BCUT2D eigenvalue weighted by Gasteiger charge is -2.05. The van der Waals surface area contributed by atoms with E-state index in [0.717, 1.165) is 14.5 Å². The van der Waals surface area contributed by atoms with E-state index in [1.807, 2.05) is 12.1 Å². The fourth-order valence-corrected chi connectivity index (χ4v) is 2.90. The van der Waals surface area contributed by atoms with Crippen molar-refractivity contribution in [1.29, 1.82) is 0 Å². The largest absolute Gasteiger partial charge is 0.294 e. The molecule has 0 aliphatic heterocycles. The second-order valence-corrected chi connectivity index (χ2v) is 6.60. The molecule has 2 rings (SSSR count). The third kappa shape index (κ3) is 3.74. The van der Waals surface area contributed by atoms with Gasteiger partial charge in [-0.25, -0.2) is 4.39 Å². The molecule has 2 aromatic carbocycles. The summed E-state index contributed by atoms with van der Waals surface area (Å²) in [6.07, 6.45) is 0.230. The molecule has 0 fully saturated rings. The molecule has 5 heteroatoms. The van der Waals surface area contributed by atoms with Gasteiger partial charge in [0.1, 0.15) is 5.82 Å². The van der Waals surface area contributed by atoms with Gasteiger partial charge in [-0.1, -0.05) is 37.9 Å². The fraction of sp³-hybridized carbons (Fsp3) is 0.0714. The minimum atomic E-state index is -0.333. The molecule has 98 valence electrons. The Hall–Kier alpha value is -0.520. The van der Waals surface area contributed by atoms with Crippen molar-refractivity contribution in [3.63, 3.8) is 0 Å². The standard InChI is InChI=1S/C14H8Br3FO/c15-9-2-3-11(16)10(7-9)14(19)6-8-1-4-13(18)12(17)5-8/h1-5,7H,6H2. The Morgan fingerprint density at radius 2 is 1.74 bits per heavy atom. The van der Waals surface area contributed by atoms with Gasteiger partial charge in [-0.2, -0.15) is 0 Å². The average Bonchev–Trinajstić information content (AvgIpc) is 2.36. The van der Waals surface area contributed by atoms with Crippen molar-refractivity contribution >= 4 is 53.6 Å². The van der Waals surface area contributed by atoms with Crippen LogP contribution < -0.4 is 0 Å². The summed E-state index contributed by atoms with van der Waals surface area (Å²) in [6, 6.07) is 10.0. The van der Waals surface area contributed by atoms with Crippen LogP contribution in [0.4, 0.5) is 4.39 Å². The Bertz CT molecular complexity index is 641. The molecule has 0 radical (unpaired) electrons. The molecule has 0 aromatic heterocycles. The van der Waals surface area contributed by atoms with E-state index >= 15 is 0 Å². The van der Waals surface area contributed by atoms with Gasteiger partial charge in [-0.05, 0) is 51.8 Å². The Morgan fingerprint density at radius 1 is 1.00 bits per heavy atom. The summed E-state index contributed by atoms with van der Waals surface area (Å²) < 4.78 is 15.1. The van der Waals surface area contributed by atoms with Gasteiger partial charge in [0, 0.05) is 20.9 Å². The molecule has 0 spiro atoms. The first-order chi connectivity index (χ1) is 8.97. The topological polar surface area (TPSA) is 17.1 Å². The monoisotopic (exact) mass is 448 g/mol. The average molecular weight is 451 g/mol. The van der Waals surface area contributed by atoms with Gasteiger partial charge < -0.3 is 0 Å². The van der Waals surface area contributed by atoms with Crippen molar-refractivity contribution in [1.82, 2.24) is 0 Å². The van der Waals surface area contributed by atoms with E-state index in [1.165, 1.54) is 6.07 Å². The van der Waals surface area contributed by atoms with Crippen molar-refractivity contribution < 1.29 is 9.18 Å². The number of benzene rings is 2. The summed E-state index contributed by atoms with van der Waals surface area (Å²) in [5.41, 5.74) is 1.37. The lowest BCUT2D eigenvalue weighted by Crippen LogP contribution is -2.04. The second-order valence-electron chi connectivity index (χ2n) is 3.97. The van der Waals surface area contributed by atoms with Crippen LogP contribution in [0.2, 0.25) is 0 Å². The molecule has 2 aromatic rings. The predicted molar refractivity (Wildman–Crippen MR) is 84.0 cm³/mol. The molecule has 0 atom stereocenters. The zero-order valence-electron chi connectivity index (χ0n) is 9.59. The molecular weight excluding hydrogens is 443 g/mol. The van der Waals surface area contributed by atoms with Crippen LogP contribution in [0, 0.1) is 5.82 Å². The summed E-state index contributed by atoms with van der Waals surface area (Å²) >= 11 is 9.82. The smallest absolute Gasteiger partial charge is 0.168 e. The maximum Gasteiger partial charge on any atom is 0.168 e. The summed E-state index contributed by atoms with van der Waals surface area (Å²) in [6.45, 7) is 0. The molecule has 0 unspecified atom stereocenters. The molecule has 0 aliphatic carbocycles. The third-order valence-corrected chi connectivity index (χ3v) is 4.37. The number of rotatable bonds is 3. The van der Waals surface area contributed by atoms with Crippen molar-refractivity contribution in [3.8, 4) is 0 Å². The summed E-state index contributed by atoms with van der Waals surface area (Å²) in [4.78, 5) is 12.2. The third-order valence-electron chi connectivity index (χ3n) is 2.58. The SMILES string of the molecule is O=C(Cc1ccc(F)c(Br)c1)c1cc(Br)ccc1Br. The van der Waals surface area contributed by atoms with Crippen LogP contribution in [0.3, 0.4) is 0 Å². The molecule has 1 nitrogen and oxygen atoms in total. The fourth-order valence-electron chi connectivity index (χ4n) is 1.64. The summed E-state index contributed by atoms with van der Waals surface area (Å²) in [5.74, 6) is -0.355. The maximum absolute atomic E-state index is 13.1. The van der Waals surface area contributed by atoms with Crippen molar-refractivity contribution in [3.05, 3.63) is 66.8 Å². The minimum absolute atomic E-state index is 0.0216. The van der Waals surface area contributed by atoms with E-state index in [1.54, 1.807) is 18.2 Å². The lowest BCUT2D eigenvalue weighted by molar-refractivity contribution is 0.0992. The van der Waals surface area contributed by atoms with E-state index in [2.05, 4.69) is 47.8 Å². The first-order valence-electron chi connectivity index (χ1n) is 5.39. The highest BCUT2D eigenvalue weighted by Gasteiger charge is 2.12. The van der Waals surface area contributed by atoms with Gasteiger partial charge >= 0.3 is 0 Å². The van der Waals surface area contributed by atoms with Gasteiger partial charge in [0.25, 0.3) is 0 Å². The van der Waals surface area contributed by atoms with E-state index in [4.69, 9.17) is 0 Å². The van der Waals surface area contributed by atoms with Crippen LogP contribution in [0.1, 0.15) is 15.9 Å². The van der Waals surface area contributed by atoms with Crippen LogP contribution in [-0.2, 0) is 6.42 Å². The van der Waals surface area contributed by atoms with Gasteiger partial charge in [0.15, 0.2) is 5.78 Å². The van der Waals surface area contributed by atoms with Gasteiger partial charge in [0.05, 0.1) is 4.47 Å². The van der Waals surface area contributed by atoms with E-state index in [0.29, 0.717) is 10.0 Å². The van der Waals surface area contributed by atoms with E-state index < -0.39 is 0 Å². The molecule has 0 aliphatic rings. The van der Waals surface area contributed by atoms with Crippen LogP contribution in [0.25, 0.3) is 0 Å². The number of Topliss-reactive ketones (excluding diaryl/α,β-unsaturated/α-hetero) is 1. The van der Waals surface area contributed by atoms with E-state index in [-0.39, 0.29) is 18.0 Å². The van der Waals surface area contributed by atoms with Crippen molar-refractivity contribution in [2.75, 3.05) is 0 Å². The maximum atomic E-state index is 13.1. The lowest BCUT2D eigenvalue weighted by atomic mass is 10.0. The van der Waals surface area contributed by atoms with Gasteiger partial charge in [-0.15, -0.1) is 0 Å². The Kier molecular flexibility index (Phi) is 4.92.